The molecule has 0 atom stereocenters. The van der Waals surface area contributed by atoms with Gasteiger partial charge in [-0.05, 0) is 108 Å². The van der Waals surface area contributed by atoms with Crippen LogP contribution in [0.2, 0.25) is 14.8 Å². The van der Waals surface area contributed by atoms with Crippen LogP contribution in [0.3, 0.4) is 0 Å². The molecular weight excluding hydrogens is 985 g/mol. The Labute approximate surface area is 371 Å². The average molecular weight is 1050 g/mol. The number of hydrogen-bond acceptors (Lipinski definition) is 9. The third-order valence-corrected chi connectivity index (χ3v) is 17.7. The molecule has 0 unspecified atom stereocenters. The van der Waals surface area contributed by atoms with Crippen LogP contribution in [0.5, 0.6) is 0 Å². The van der Waals surface area contributed by atoms with Gasteiger partial charge in [0.1, 0.15) is 9.22 Å². The van der Waals surface area contributed by atoms with E-state index in [0.29, 0.717) is 0 Å². The number of alkyl halides is 1. The van der Waals surface area contributed by atoms with Gasteiger partial charge in [0.15, 0.2) is 5.65 Å². The standard InChI is InChI=1S/C13H17BrN4.C13H17N4.C7H5BrN2.C7H14ClN.3CH3.Sn/c14-12-11-5-4-6-15-13(11)18(16-12)10-9-17-7-2-1-3-8-17;1-2-7-16(8-3-1)9-10-17-13-12(11-15-17)5-4-6-14-13;8-7-5-2-1-3-9-6(5)4-10-7;8-4-7-9-5-2-1-3-6-9;;;;/h4-6H,1-3,7-10H2;4-6H,1-3,7-10H2;1-3H,4H2;1-7H2;3*1H3;. The number of nitrogens with zero attached hydrogens (tertiary/aromatic N) is 11. The molecule has 4 aliphatic heterocycles. The molecule has 0 amide bonds. The van der Waals surface area contributed by atoms with Crippen molar-refractivity contribution < 1.29 is 0 Å². The van der Waals surface area contributed by atoms with Crippen LogP contribution in [0.4, 0.5) is 0 Å². The monoisotopic (exact) mass is 1050 g/mol. The molecule has 15 heteroatoms. The Bertz CT molecular complexity index is 2030. The third-order valence-electron chi connectivity index (χ3n) is 11.2. The van der Waals surface area contributed by atoms with Gasteiger partial charge in [0.05, 0.1) is 24.2 Å². The zero-order valence-corrected chi connectivity index (χ0v) is 41.6. The first-order valence-corrected chi connectivity index (χ1v) is 33.5. The van der Waals surface area contributed by atoms with E-state index in [4.69, 9.17) is 16.7 Å². The fourth-order valence-corrected chi connectivity index (χ4v) is 13.3. The Balaban J connectivity index is 0.000000138. The van der Waals surface area contributed by atoms with Crippen molar-refractivity contribution in [2.24, 2.45) is 4.99 Å². The predicted molar refractivity (Wildman–Crippen MR) is 251 cm³/mol. The summed E-state index contributed by atoms with van der Waals surface area (Å²) < 4.78 is 7.35. The van der Waals surface area contributed by atoms with Crippen LogP contribution in [-0.4, -0.2) is 137 Å². The number of piperidine rings is 3. The topological polar surface area (TPSA) is 96.4 Å². The molecule has 314 valence electrons. The molecule has 4 aliphatic rings. The Morgan fingerprint density at radius 2 is 1.07 bits per heavy atom. The fourth-order valence-electron chi connectivity index (χ4n) is 7.97. The average Bonchev–Trinajstić information content (AvgIpc) is 3.94. The number of halogens is 3. The van der Waals surface area contributed by atoms with E-state index in [1.54, 1.807) is 6.20 Å². The molecule has 3 saturated heterocycles. The van der Waals surface area contributed by atoms with E-state index in [1.807, 2.05) is 41.3 Å². The molecule has 0 bridgehead atoms. The van der Waals surface area contributed by atoms with Crippen molar-refractivity contribution in [3.63, 3.8) is 0 Å². The molecule has 3 fully saturated rings. The maximum atomic E-state index is 5.59. The van der Waals surface area contributed by atoms with Gasteiger partial charge in [-0.1, -0.05) is 12.8 Å². The number of fused-ring (bicyclic) bond motifs is 3. The summed E-state index contributed by atoms with van der Waals surface area (Å²) >= 11 is 10.2. The molecule has 5 aromatic heterocycles. The van der Waals surface area contributed by atoms with Gasteiger partial charge < -0.3 is 9.80 Å². The molecule has 5 aromatic rings. The first-order chi connectivity index (χ1) is 28.2. The van der Waals surface area contributed by atoms with Gasteiger partial charge in [0.2, 0.25) is 0 Å². The minimum atomic E-state index is -2.19. The second-order valence-corrected chi connectivity index (χ2v) is 32.7. The second-order valence-electron chi connectivity index (χ2n) is 16.6. The zero-order chi connectivity index (χ0) is 40.7. The van der Waals surface area contributed by atoms with Gasteiger partial charge in [0, 0.05) is 36.9 Å². The molecule has 58 heavy (non-hydrogen) atoms. The van der Waals surface area contributed by atoms with Crippen molar-refractivity contribution in [2.45, 2.75) is 92.2 Å². The maximum absolute atomic E-state index is 5.59. The fraction of sp³-hybridized carbons (Fsp3) is 0.581. The van der Waals surface area contributed by atoms with Gasteiger partial charge >= 0.3 is 131 Å². The van der Waals surface area contributed by atoms with Gasteiger partial charge in [-0.2, -0.15) is 5.10 Å². The van der Waals surface area contributed by atoms with E-state index >= 15 is 0 Å². The SMILES string of the molecule is BrC1=NCc2ncccc21.Brc1nn(CCN2CCCCC2)c2ncccc12.ClCCN1CCCCC1.[CH3][Sn]([CH3])([CH3])[c]1nn(CCN2CCCCC2)c2ncccc12. The second kappa shape index (κ2) is 23.3. The van der Waals surface area contributed by atoms with E-state index < -0.39 is 18.4 Å². The summed E-state index contributed by atoms with van der Waals surface area (Å²) in [7, 11) is 0. The van der Waals surface area contributed by atoms with E-state index in [2.05, 4.69) is 103 Å². The first-order valence-electron chi connectivity index (χ1n) is 21.4. The van der Waals surface area contributed by atoms with Crippen molar-refractivity contribution in [3.05, 3.63) is 70.8 Å². The van der Waals surface area contributed by atoms with E-state index in [-0.39, 0.29) is 0 Å². The Morgan fingerprint density at radius 1 is 0.586 bits per heavy atom. The van der Waals surface area contributed by atoms with Crippen LogP contribution < -0.4 is 3.71 Å². The van der Waals surface area contributed by atoms with Crippen LogP contribution in [0.1, 0.15) is 69.0 Å². The van der Waals surface area contributed by atoms with Gasteiger partial charge in [-0.3, -0.25) is 9.98 Å². The van der Waals surface area contributed by atoms with Gasteiger partial charge in [0.25, 0.3) is 0 Å². The summed E-state index contributed by atoms with van der Waals surface area (Å²) in [5.74, 6) is 0.792. The number of aromatic nitrogens is 7. The van der Waals surface area contributed by atoms with Crippen LogP contribution in [0, 0.1) is 0 Å². The van der Waals surface area contributed by atoms with Crippen LogP contribution in [0.25, 0.3) is 22.1 Å². The minimum absolute atomic E-state index is 0.719. The van der Waals surface area contributed by atoms with E-state index in [9.17, 15) is 0 Å². The third kappa shape index (κ3) is 13.2. The zero-order valence-electron chi connectivity index (χ0n) is 34.8. The summed E-state index contributed by atoms with van der Waals surface area (Å²) in [6, 6.07) is 12.2. The molecule has 9 heterocycles. The van der Waals surface area contributed by atoms with Crippen LogP contribution in [-0.2, 0) is 19.6 Å². The number of hydrogen-bond donors (Lipinski definition) is 0. The quantitative estimate of drug-likeness (QED) is 0.107. The van der Waals surface area contributed by atoms with E-state index in [0.717, 1.165) is 82.3 Å². The molecule has 9 rings (SSSR count). The molecular formula is C43H62Br2ClN11Sn. The van der Waals surface area contributed by atoms with Crippen LogP contribution >= 0.6 is 43.5 Å². The number of rotatable bonds is 9. The molecule has 0 N–H and O–H groups in total. The van der Waals surface area contributed by atoms with Crippen molar-refractivity contribution in [1.82, 2.24) is 49.2 Å². The van der Waals surface area contributed by atoms with Crippen molar-refractivity contribution in [3.8, 4) is 0 Å². The normalized spacial score (nSPS) is 17.7. The Morgan fingerprint density at radius 3 is 1.60 bits per heavy atom. The molecule has 0 radical (unpaired) electrons. The Kier molecular flexibility index (Phi) is 18.3. The summed E-state index contributed by atoms with van der Waals surface area (Å²) in [5, 5.41) is 11.9. The summed E-state index contributed by atoms with van der Waals surface area (Å²) in [4.78, 5) is 32.2. The summed E-state index contributed by atoms with van der Waals surface area (Å²) in [6.07, 6.45) is 17.8. The summed E-state index contributed by atoms with van der Waals surface area (Å²) in [5.41, 5.74) is 4.24. The van der Waals surface area contributed by atoms with Crippen molar-refractivity contribution >= 4 is 92.2 Å². The van der Waals surface area contributed by atoms with Crippen LogP contribution in [0.15, 0.2) is 64.6 Å². The number of likely N-dealkylation sites (tertiary alicyclic amines) is 3. The predicted octanol–water partition coefficient (Wildman–Crippen LogP) is 8.59. The van der Waals surface area contributed by atoms with Crippen molar-refractivity contribution in [1.29, 1.82) is 0 Å². The molecule has 0 aliphatic carbocycles. The molecule has 0 spiro atoms. The molecule has 0 saturated carbocycles. The van der Waals surface area contributed by atoms with Gasteiger partial charge in [-0.25, -0.2) is 9.67 Å². The van der Waals surface area contributed by atoms with Crippen molar-refractivity contribution in [2.75, 3.05) is 64.8 Å². The first kappa shape index (κ1) is 45.5. The molecule has 11 nitrogen and oxygen atoms in total. The van der Waals surface area contributed by atoms with E-state index in [1.165, 1.54) is 106 Å². The molecule has 0 aromatic carbocycles. The van der Waals surface area contributed by atoms with Gasteiger partial charge in [-0.15, -0.1) is 11.6 Å². The Hall–Kier alpha value is -2.01. The number of aliphatic imine (C=N–C) groups is 1. The number of pyridine rings is 3. The summed E-state index contributed by atoms with van der Waals surface area (Å²) in [6.45, 7) is 13.4.